The molecule has 1 aromatic rings. The van der Waals surface area contributed by atoms with E-state index in [2.05, 4.69) is 18.3 Å². The highest BCUT2D eigenvalue weighted by atomic mass is 32.2. The number of rotatable bonds is 5. The lowest BCUT2D eigenvalue weighted by atomic mass is 10.1. The van der Waals surface area contributed by atoms with Crippen LogP contribution in [0.5, 0.6) is 0 Å². The lowest BCUT2D eigenvalue weighted by Gasteiger charge is -2.20. The van der Waals surface area contributed by atoms with Crippen molar-refractivity contribution in [2.75, 3.05) is 5.75 Å². The average molecular weight is 288 g/mol. The molecule has 2 atom stereocenters. The standard InChI is InChI=1S/C16H20N2OS/c1-2-20-15-5-3-4-14(15)18-16(19)10-12-6-8-13(11-17)9-7-12/h6-9,14-15H,2-5,10H2,1H3,(H,18,19). The first kappa shape index (κ1) is 14.9. The molecule has 0 saturated heterocycles. The van der Waals surface area contributed by atoms with Crippen LogP contribution >= 0.6 is 11.8 Å². The number of carbonyl (C=O) groups excluding carboxylic acids is 1. The van der Waals surface area contributed by atoms with Gasteiger partial charge in [-0.25, -0.2) is 0 Å². The van der Waals surface area contributed by atoms with Crippen LogP contribution in [0.3, 0.4) is 0 Å². The quantitative estimate of drug-likeness (QED) is 0.906. The molecule has 4 heteroatoms. The second-order valence-electron chi connectivity index (χ2n) is 5.08. The summed E-state index contributed by atoms with van der Waals surface area (Å²) in [5.74, 6) is 1.19. The molecule has 2 rings (SSSR count). The molecule has 3 nitrogen and oxygen atoms in total. The van der Waals surface area contributed by atoms with Crippen molar-refractivity contribution >= 4 is 17.7 Å². The fourth-order valence-corrected chi connectivity index (χ4v) is 3.84. The summed E-state index contributed by atoms with van der Waals surface area (Å²) in [5.41, 5.74) is 1.59. The summed E-state index contributed by atoms with van der Waals surface area (Å²) in [7, 11) is 0. The molecule has 1 aromatic carbocycles. The van der Waals surface area contributed by atoms with Gasteiger partial charge in [0.05, 0.1) is 18.1 Å². The SMILES string of the molecule is CCSC1CCCC1NC(=O)Cc1ccc(C#N)cc1. The predicted molar refractivity (Wildman–Crippen MR) is 82.6 cm³/mol. The zero-order valence-electron chi connectivity index (χ0n) is 11.8. The Morgan fingerprint density at radius 2 is 2.15 bits per heavy atom. The van der Waals surface area contributed by atoms with Crippen molar-refractivity contribution < 1.29 is 4.79 Å². The second-order valence-corrected chi connectivity index (χ2v) is 6.60. The number of thioether (sulfide) groups is 1. The van der Waals surface area contributed by atoms with Crippen molar-refractivity contribution in [3.8, 4) is 6.07 Å². The van der Waals surface area contributed by atoms with Crippen LogP contribution in [0.2, 0.25) is 0 Å². The molecular weight excluding hydrogens is 268 g/mol. The summed E-state index contributed by atoms with van der Waals surface area (Å²) in [4.78, 5) is 12.1. The Kier molecular flexibility index (Phi) is 5.49. The van der Waals surface area contributed by atoms with Gasteiger partial charge in [-0.05, 0) is 36.3 Å². The lowest BCUT2D eigenvalue weighted by Crippen LogP contribution is -2.39. The highest BCUT2D eigenvalue weighted by Crippen LogP contribution is 2.29. The first-order valence-corrected chi connectivity index (χ1v) is 8.17. The van der Waals surface area contributed by atoms with E-state index in [1.54, 1.807) is 12.1 Å². The van der Waals surface area contributed by atoms with Crippen LogP contribution in [0.15, 0.2) is 24.3 Å². The Morgan fingerprint density at radius 3 is 2.80 bits per heavy atom. The second kappa shape index (κ2) is 7.35. The van der Waals surface area contributed by atoms with Crippen molar-refractivity contribution in [3.05, 3.63) is 35.4 Å². The van der Waals surface area contributed by atoms with Gasteiger partial charge in [-0.1, -0.05) is 25.5 Å². The van der Waals surface area contributed by atoms with Crippen LogP contribution in [0.4, 0.5) is 0 Å². The number of hydrogen-bond acceptors (Lipinski definition) is 3. The van der Waals surface area contributed by atoms with Gasteiger partial charge in [-0.15, -0.1) is 0 Å². The molecule has 1 aliphatic carbocycles. The van der Waals surface area contributed by atoms with E-state index >= 15 is 0 Å². The molecule has 0 bridgehead atoms. The summed E-state index contributed by atoms with van der Waals surface area (Å²) in [5, 5.41) is 12.5. The highest BCUT2D eigenvalue weighted by molar-refractivity contribution is 7.99. The van der Waals surface area contributed by atoms with Crippen LogP contribution in [0.25, 0.3) is 0 Å². The van der Waals surface area contributed by atoms with Gasteiger partial charge in [-0.2, -0.15) is 17.0 Å². The molecule has 0 radical (unpaired) electrons. The molecule has 0 aliphatic heterocycles. The minimum Gasteiger partial charge on any atom is -0.352 e. The number of nitrogens with zero attached hydrogens (tertiary/aromatic N) is 1. The molecule has 2 unspecified atom stereocenters. The van der Waals surface area contributed by atoms with Crippen molar-refractivity contribution in [1.82, 2.24) is 5.32 Å². The molecule has 106 valence electrons. The summed E-state index contributed by atoms with van der Waals surface area (Å²) < 4.78 is 0. The third-order valence-corrected chi connectivity index (χ3v) is 4.95. The first-order chi connectivity index (χ1) is 9.72. The zero-order chi connectivity index (χ0) is 14.4. The zero-order valence-corrected chi connectivity index (χ0v) is 12.6. The first-order valence-electron chi connectivity index (χ1n) is 7.13. The van der Waals surface area contributed by atoms with E-state index in [1.807, 2.05) is 23.9 Å². The Morgan fingerprint density at radius 1 is 1.40 bits per heavy atom. The van der Waals surface area contributed by atoms with E-state index in [0.29, 0.717) is 23.3 Å². The molecule has 0 spiro atoms. The maximum Gasteiger partial charge on any atom is 0.224 e. The Bertz CT molecular complexity index is 492. The van der Waals surface area contributed by atoms with E-state index in [0.717, 1.165) is 17.7 Å². The number of carbonyl (C=O) groups is 1. The van der Waals surface area contributed by atoms with Crippen molar-refractivity contribution in [2.24, 2.45) is 0 Å². The van der Waals surface area contributed by atoms with Gasteiger partial charge in [0.1, 0.15) is 0 Å². The van der Waals surface area contributed by atoms with Gasteiger partial charge in [0.15, 0.2) is 0 Å². The number of hydrogen-bond donors (Lipinski definition) is 1. The summed E-state index contributed by atoms with van der Waals surface area (Å²) >= 11 is 1.95. The number of amides is 1. The van der Waals surface area contributed by atoms with Crippen molar-refractivity contribution in [2.45, 2.75) is 43.9 Å². The molecule has 0 aromatic heterocycles. The van der Waals surface area contributed by atoms with Gasteiger partial charge in [0.25, 0.3) is 0 Å². The molecule has 1 amide bonds. The van der Waals surface area contributed by atoms with Gasteiger partial charge in [-0.3, -0.25) is 4.79 Å². The fourth-order valence-electron chi connectivity index (χ4n) is 2.65. The summed E-state index contributed by atoms with van der Waals surface area (Å²) in [6.07, 6.45) is 3.91. The van der Waals surface area contributed by atoms with Crippen LogP contribution in [-0.4, -0.2) is 23.0 Å². The maximum atomic E-state index is 12.1. The number of benzene rings is 1. The minimum absolute atomic E-state index is 0.0864. The largest absolute Gasteiger partial charge is 0.352 e. The van der Waals surface area contributed by atoms with Gasteiger partial charge < -0.3 is 5.32 Å². The van der Waals surface area contributed by atoms with E-state index in [-0.39, 0.29) is 5.91 Å². The average Bonchev–Trinajstić information content (AvgIpc) is 2.87. The third kappa shape index (κ3) is 4.01. The fraction of sp³-hybridized carbons (Fsp3) is 0.500. The predicted octanol–water partition coefficient (Wildman–Crippen LogP) is 2.89. The number of nitriles is 1. The molecule has 0 heterocycles. The Labute approximate surface area is 124 Å². The molecular formula is C16H20N2OS. The Balaban J connectivity index is 1.87. The van der Waals surface area contributed by atoms with Gasteiger partial charge in [0, 0.05) is 11.3 Å². The van der Waals surface area contributed by atoms with E-state index in [1.165, 1.54) is 12.8 Å². The van der Waals surface area contributed by atoms with Gasteiger partial charge >= 0.3 is 0 Å². The summed E-state index contributed by atoms with van der Waals surface area (Å²) in [6.45, 7) is 2.17. The van der Waals surface area contributed by atoms with Crippen LogP contribution in [0.1, 0.15) is 37.3 Å². The normalized spacial score (nSPS) is 21.4. The lowest BCUT2D eigenvalue weighted by molar-refractivity contribution is -0.121. The monoisotopic (exact) mass is 288 g/mol. The van der Waals surface area contributed by atoms with Crippen LogP contribution < -0.4 is 5.32 Å². The van der Waals surface area contributed by atoms with Crippen molar-refractivity contribution in [3.63, 3.8) is 0 Å². The topological polar surface area (TPSA) is 52.9 Å². The van der Waals surface area contributed by atoms with Crippen molar-refractivity contribution in [1.29, 1.82) is 5.26 Å². The highest BCUT2D eigenvalue weighted by Gasteiger charge is 2.28. The summed E-state index contributed by atoms with van der Waals surface area (Å²) in [6, 6.07) is 9.63. The van der Waals surface area contributed by atoms with Crippen LogP contribution in [-0.2, 0) is 11.2 Å². The molecule has 1 aliphatic rings. The van der Waals surface area contributed by atoms with E-state index in [4.69, 9.17) is 5.26 Å². The Hall–Kier alpha value is -1.47. The van der Waals surface area contributed by atoms with E-state index in [9.17, 15) is 4.79 Å². The van der Waals surface area contributed by atoms with E-state index < -0.39 is 0 Å². The molecule has 1 N–H and O–H groups in total. The molecule has 1 fully saturated rings. The molecule has 1 saturated carbocycles. The van der Waals surface area contributed by atoms with Gasteiger partial charge in [0.2, 0.25) is 5.91 Å². The molecule has 20 heavy (non-hydrogen) atoms. The minimum atomic E-state index is 0.0864. The smallest absolute Gasteiger partial charge is 0.224 e. The third-order valence-electron chi connectivity index (χ3n) is 3.63. The maximum absolute atomic E-state index is 12.1. The number of nitrogens with one attached hydrogen (secondary N) is 1. The van der Waals surface area contributed by atoms with Crippen LogP contribution in [0, 0.1) is 11.3 Å².